The first kappa shape index (κ1) is 24.4. The van der Waals surface area contributed by atoms with E-state index in [1.807, 2.05) is 24.7 Å². The van der Waals surface area contributed by atoms with Crippen molar-refractivity contribution < 1.29 is 13.9 Å². The third kappa shape index (κ3) is 5.52. The number of nitrogens with zero attached hydrogens (tertiary/aromatic N) is 4. The minimum atomic E-state index is -0.595. The zero-order valence-corrected chi connectivity index (χ0v) is 20.5. The highest BCUT2D eigenvalue weighted by molar-refractivity contribution is 6.33. The standard InChI is InChI=1S/C24H21Cl2FN6O2/c1-13(2)33-12-15(10-29-33)22-17(26)11-28-24(32-22)31-19-7-4-14(8-21(19)35-3)23(34)30-20-9-16(25)5-6-18(20)27/h4-13H,1-3H3,(H,30,34)(H,28,31,32). The zero-order valence-electron chi connectivity index (χ0n) is 19.0. The molecule has 180 valence electrons. The second kappa shape index (κ2) is 10.3. The average molecular weight is 515 g/mol. The first-order valence-electron chi connectivity index (χ1n) is 10.5. The molecule has 4 rings (SSSR count). The van der Waals surface area contributed by atoms with Crippen molar-refractivity contribution in [3.63, 3.8) is 0 Å². The molecular formula is C24H21Cl2FN6O2. The summed E-state index contributed by atoms with van der Waals surface area (Å²) >= 11 is 12.2. The molecule has 1 amide bonds. The van der Waals surface area contributed by atoms with Crippen LogP contribution in [0.5, 0.6) is 5.75 Å². The average Bonchev–Trinajstić information content (AvgIpc) is 3.33. The van der Waals surface area contributed by atoms with Gasteiger partial charge >= 0.3 is 0 Å². The minimum absolute atomic E-state index is 0.0217. The van der Waals surface area contributed by atoms with Gasteiger partial charge in [0.05, 0.1) is 41.6 Å². The highest BCUT2D eigenvalue weighted by Gasteiger charge is 2.16. The van der Waals surface area contributed by atoms with Gasteiger partial charge in [-0.2, -0.15) is 5.10 Å². The Balaban J connectivity index is 1.57. The van der Waals surface area contributed by atoms with Gasteiger partial charge in [0.2, 0.25) is 5.95 Å². The van der Waals surface area contributed by atoms with E-state index in [1.54, 1.807) is 18.3 Å². The lowest BCUT2D eigenvalue weighted by Gasteiger charge is -2.13. The Bertz CT molecular complexity index is 1390. The molecule has 0 aliphatic carbocycles. The SMILES string of the molecule is COc1cc(C(=O)Nc2cc(Cl)ccc2F)ccc1Nc1ncc(Cl)c(-c2cnn(C(C)C)c2)n1. The van der Waals surface area contributed by atoms with E-state index in [4.69, 9.17) is 27.9 Å². The molecule has 0 aliphatic heterocycles. The summed E-state index contributed by atoms with van der Waals surface area (Å²) in [6.07, 6.45) is 5.04. The summed E-state index contributed by atoms with van der Waals surface area (Å²) < 4.78 is 21.2. The molecule has 0 aliphatic rings. The molecule has 0 fully saturated rings. The summed E-state index contributed by atoms with van der Waals surface area (Å²) in [6, 6.07) is 8.82. The Labute approximate surface area is 211 Å². The Morgan fingerprint density at radius 2 is 1.91 bits per heavy atom. The van der Waals surface area contributed by atoms with E-state index in [0.29, 0.717) is 27.2 Å². The van der Waals surface area contributed by atoms with Crippen LogP contribution in [-0.4, -0.2) is 32.8 Å². The van der Waals surface area contributed by atoms with E-state index in [9.17, 15) is 9.18 Å². The Morgan fingerprint density at radius 3 is 2.63 bits per heavy atom. The summed E-state index contributed by atoms with van der Waals surface area (Å²) in [5.41, 5.74) is 2.03. The van der Waals surface area contributed by atoms with Crippen LogP contribution >= 0.6 is 23.2 Å². The van der Waals surface area contributed by atoms with Gasteiger partial charge in [0.25, 0.3) is 5.91 Å². The number of nitrogens with one attached hydrogen (secondary N) is 2. The smallest absolute Gasteiger partial charge is 0.255 e. The van der Waals surface area contributed by atoms with Gasteiger partial charge in [0, 0.05) is 28.4 Å². The second-order valence-corrected chi connectivity index (χ2v) is 8.65. The van der Waals surface area contributed by atoms with Gasteiger partial charge in [-0.15, -0.1) is 0 Å². The van der Waals surface area contributed by atoms with E-state index in [2.05, 4.69) is 25.7 Å². The topological polar surface area (TPSA) is 94.0 Å². The van der Waals surface area contributed by atoms with Crippen LogP contribution in [-0.2, 0) is 0 Å². The first-order chi connectivity index (χ1) is 16.7. The fourth-order valence-corrected chi connectivity index (χ4v) is 3.59. The number of ether oxygens (including phenoxy) is 1. The number of carbonyl (C=O) groups excluding carboxylic acids is 1. The third-order valence-electron chi connectivity index (χ3n) is 5.03. The Hall–Kier alpha value is -3.69. The third-order valence-corrected chi connectivity index (χ3v) is 5.55. The monoisotopic (exact) mass is 514 g/mol. The normalized spacial score (nSPS) is 10.9. The number of carbonyl (C=O) groups is 1. The maximum Gasteiger partial charge on any atom is 0.255 e. The number of aromatic nitrogens is 4. The fourth-order valence-electron chi connectivity index (χ4n) is 3.22. The van der Waals surface area contributed by atoms with Gasteiger partial charge in [0.15, 0.2) is 0 Å². The predicted molar refractivity (Wildman–Crippen MR) is 134 cm³/mol. The van der Waals surface area contributed by atoms with E-state index in [1.165, 1.54) is 37.6 Å². The van der Waals surface area contributed by atoms with Crippen LogP contribution in [0.25, 0.3) is 11.3 Å². The number of anilines is 3. The molecule has 2 aromatic heterocycles. The quantitative estimate of drug-likeness (QED) is 0.297. The number of methoxy groups -OCH3 is 1. The van der Waals surface area contributed by atoms with E-state index >= 15 is 0 Å². The van der Waals surface area contributed by atoms with Crippen molar-refractivity contribution in [1.29, 1.82) is 0 Å². The highest BCUT2D eigenvalue weighted by Crippen LogP contribution is 2.31. The van der Waals surface area contributed by atoms with E-state index in [-0.39, 0.29) is 23.2 Å². The minimum Gasteiger partial charge on any atom is -0.495 e. The van der Waals surface area contributed by atoms with Crippen molar-refractivity contribution in [2.45, 2.75) is 19.9 Å². The maximum atomic E-state index is 14.0. The van der Waals surface area contributed by atoms with Gasteiger partial charge in [-0.25, -0.2) is 14.4 Å². The molecule has 2 N–H and O–H groups in total. The van der Waals surface area contributed by atoms with Crippen LogP contribution in [0.4, 0.5) is 21.7 Å². The molecule has 2 heterocycles. The van der Waals surface area contributed by atoms with Gasteiger partial charge in [-0.05, 0) is 50.2 Å². The van der Waals surface area contributed by atoms with Crippen molar-refractivity contribution in [3.05, 3.63) is 76.4 Å². The molecule has 11 heteroatoms. The Morgan fingerprint density at radius 1 is 1.11 bits per heavy atom. The van der Waals surface area contributed by atoms with E-state index < -0.39 is 11.7 Å². The second-order valence-electron chi connectivity index (χ2n) is 7.81. The molecule has 2 aromatic carbocycles. The van der Waals surface area contributed by atoms with Crippen molar-refractivity contribution in [2.24, 2.45) is 0 Å². The number of hydrogen-bond acceptors (Lipinski definition) is 6. The van der Waals surface area contributed by atoms with E-state index in [0.717, 1.165) is 5.56 Å². The van der Waals surface area contributed by atoms with Gasteiger partial charge < -0.3 is 15.4 Å². The largest absolute Gasteiger partial charge is 0.495 e. The van der Waals surface area contributed by atoms with Crippen LogP contribution in [0.15, 0.2) is 55.0 Å². The molecule has 0 spiro atoms. The molecule has 0 saturated heterocycles. The van der Waals surface area contributed by atoms with Crippen LogP contribution in [0.2, 0.25) is 10.0 Å². The maximum absolute atomic E-state index is 14.0. The number of amides is 1. The van der Waals surface area contributed by atoms with Crippen LogP contribution in [0.3, 0.4) is 0 Å². The lowest BCUT2D eigenvalue weighted by Crippen LogP contribution is -2.13. The fraction of sp³-hybridized carbons (Fsp3) is 0.167. The number of halogens is 3. The van der Waals surface area contributed by atoms with Crippen LogP contribution < -0.4 is 15.4 Å². The molecular weight excluding hydrogens is 494 g/mol. The summed E-state index contributed by atoms with van der Waals surface area (Å²) in [5.74, 6) is -0.485. The zero-order chi connectivity index (χ0) is 25.1. The number of hydrogen-bond donors (Lipinski definition) is 2. The molecule has 8 nitrogen and oxygen atoms in total. The van der Waals surface area contributed by atoms with Crippen molar-refractivity contribution >= 4 is 46.4 Å². The number of benzene rings is 2. The molecule has 0 radical (unpaired) electrons. The predicted octanol–water partition coefficient (Wildman–Crippen LogP) is 6.37. The van der Waals surface area contributed by atoms with Crippen LogP contribution in [0.1, 0.15) is 30.2 Å². The van der Waals surface area contributed by atoms with Crippen LogP contribution in [0, 0.1) is 5.82 Å². The summed E-state index contributed by atoms with van der Waals surface area (Å²) in [4.78, 5) is 21.4. The molecule has 0 atom stereocenters. The van der Waals surface area contributed by atoms with Crippen molar-refractivity contribution in [2.75, 3.05) is 17.7 Å². The molecule has 35 heavy (non-hydrogen) atoms. The lowest BCUT2D eigenvalue weighted by atomic mass is 10.1. The van der Waals surface area contributed by atoms with Gasteiger partial charge in [-0.1, -0.05) is 23.2 Å². The number of rotatable bonds is 7. The van der Waals surface area contributed by atoms with Gasteiger partial charge in [-0.3, -0.25) is 9.48 Å². The van der Waals surface area contributed by atoms with Gasteiger partial charge in [0.1, 0.15) is 11.6 Å². The summed E-state index contributed by atoms with van der Waals surface area (Å²) in [6.45, 7) is 4.04. The molecule has 0 saturated carbocycles. The lowest BCUT2D eigenvalue weighted by molar-refractivity contribution is 0.102. The van der Waals surface area contributed by atoms with Crippen molar-refractivity contribution in [3.8, 4) is 17.0 Å². The highest BCUT2D eigenvalue weighted by atomic mass is 35.5. The summed E-state index contributed by atoms with van der Waals surface area (Å²) in [7, 11) is 1.47. The molecule has 4 aromatic rings. The molecule has 0 unspecified atom stereocenters. The first-order valence-corrected chi connectivity index (χ1v) is 11.3. The Kier molecular flexibility index (Phi) is 7.18. The summed E-state index contributed by atoms with van der Waals surface area (Å²) in [5, 5.41) is 10.6. The van der Waals surface area contributed by atoms with Crippen molar-refractivity contribution in [1.82, 2.24) is 19.7 Å². The molecule has 0 bridgehead atoms.